The molecule has 27 heavy (non-hydrogen) atoms. The first-order valence-electron chi connectivity index (χ1n) is 9.26. The zero-order valence-corrected chi connectivity index (χ0v) is 16.4. The van der Waals surface area contributed by atoms with Crippen LogP contribution >= 0.6 is 0 Å². The van der Waals surface area contributed by atoms with Crippen molar-refractivity contribution >= 4 is 17.5 Å². The van der Waals surface area contributed by atoms with E-state index in [2.05, 4.69) is 5.32 Å². The second kappa shape index (κ2) is 9.76. The highest BCUT2D eigenvalue weighted by molar-refractivity contribution is 5.93. The number of carbonyl (C=O) groups is 2. The van der Waals surface area contributed by atoms with Gasteiger partial charge in [0, 0.05) is 19.9 Å². The number of hydrogen-bond acceptors (Lipinski definition) is 3. The number of para-hydroxylation sites is 2. The van der Waals surface area contributed by atoms with Crippen molar-refractivity contribution in [1.29, 1.82) is 0 Å². The lowest BCUT2D eigenvalue weighted by Crippen LogP contribution is -2.35. The monoisotopic (exact) mass is 368 g/mol. The Kier molecular flexibility index (Phi) is 7.41. The predicted molar refractivity (Wildman–Crippen MR) is 108 cm³/mol. The first-order valence-corrected chi connectivity index (χ1v) is 9.26. The molecule has 0 aliphatic carbocycles. The van der Waals surface area contributed by atoms with E-state index in [0.717, 1.165) is 5.56 Å². The average Bonchev–Trinajstić information content (AvgIpc) is 2.63. The molecule has 0 bridgehead atoms. The Morgan fingerprint density at radius 1 is 1.00 bits per heavy atom. The minimum absolute atomic E-state index is 0.00465. The van der Waals surface area contributed by atoms with E-state index in [4.69, 9.17) is 4.74 Å². The van der Waals surface area contributed by atoms with Gasteiger partial charge in [0.2, 0.25) is 11.8 Å². The van der Waals surface area contributed by atoms with Gasteiger partial charge in [0.05, 0.1) is 17.8 Å². The second-order valence-electron chi connectivity index (χ2n) is 6.75. The number of hydrogen-bond donors (Lipinski definition) is 1. The first kappa shape index (κ1) is 20.5. The highest BCUT2D eigenvalue weighted by atomic mass is 16.5. The molecule has 0 aromatic heterocycles. The molecule has 5 nitrogen and oxygen atoms in total. The van der Waals surface area contributed by atoms with Gasteiger partial charge in [0.15, 0.2) is 0 Å². The molecule has 0 radical (unpaired) electrons. The maximum absolute atomic E-state index is 12.4. The lowest BCUT2D eigenvalue weighted by Gasteiger charge is -2.25. The van der Waals surface area contributed by atoms with Gasteiger partial charge in [-0.25, -0.2) is 0 Å². The summed E-state index contributed by atoms with van der Waals surface area (Å²) in [6, 6.07) is 17.1. The Hall–Kier alpha value is -2.82. The largest absolute Gasteiger partial charge is 0.489 e. The second-order valence-corrected chi connectivity index (χ2v) is 6.75. The number of rotatable bonds is 8. The van der Waals surface area contributed by atoms with Crippen LogP contribution in [0.2, 0.25) is 0 Å². The van der Waals surface area contributed by atoms with Gasteiger partial charge in [0.1, 0.15) is 5.75 Å². The first-order chi connectivity index (χ1) is 12.9. The summed E-state index contributed by atoms with van der Waals surface area (Å²) >= 11 is 0. The molecular formula is C22H28N2O3. The van der Waals surface area contributed by atoms with Gasteiger partial charge in [-0.1, -0.05) is 42.5 Å². The molecule has 0 aliphatic heterocycles. The number of nitrogens with zero attached hydrogens (tertiary/aromatic N) is 1. The number of amides is 2. The lowest BCUT2D eigenvalue weighted by atomic mass is 10.1. The third-order valence-corrected chi connectivity index (χ3v) is 4.14. The molecule has 0 aliphatic rings. The van der Waals surface area contributed by atoms with Crippen LogP contribution in [0.4, 0.5) is 5.69 Å². The minimum atomic E-state index is -0.126. The number of benzene rings is 2. The van der Waals surface area contributed by atoms with Crippen molar-refractivity contribution in [3.8, 4) is 5.75 Å². The highest BCUT2D eigenvalue weighted by Gasteiger charge is 2.18. The van der Waals surface area contributed by atoms with Crippen molar-refractivity contribution in [2.24, 2.45) is 0 Å². The van der Waals surface area contributed by atoms with Gasteiger partial charge in [-0.3, -0.25) is 9.59 Å². The Labute approximate surface area is 161 Å². The van der Waals surface area contributed by atoms with Crippen LogP contribution in [-0.2, 0) is 9.59 Å². The molecule has 0 fully saturated rings. The van der Waals surface area contributed by atoms with E-state index in [0.29, 0.717) is 18.0 Å². The fourth-order valence-corrected chi connectivity index (χ4v) is 2.83. The van der Waals surface area contributed by atoms with E-state index >= 15 is 0 Å². The van der Waals surface area contributed by atoms with Crippen LogP contribution in [0.25, 0.3) is 0 Å². The van der Waals surface area contributed by atoms with Crippen LogP contribution in [0.3, 0.4) is 0 Å². The van der Waals surface area contributed by atoms with Crippen molar-refractivity contribution in [3.05, 3.63) is 60.2 Å². The van der Waals surface area contributed by atoms with Crippen LogP contribution < -0.4 is 15.0 Å². The lowest BCUT2D eigenvalue weighted by molar-refractivity contribution is -0.121. The summed E-state index contributed by atoms with van der Waals surface area (Å²) in [7, 11) is 0. The van der Waals surface area contributed by atoms with Crippen LogP contribution in [0, 0.1) is 0 Å². The normalized spacial score (nSPS) is 11.7. The van der Waals surface area contributed by atoms with Gasteiger partial charge in [-0.15, -0.1) is 0 Å². The molecule has 2 aromatic carbocycles. The summed E-state index contributed by atoms with van der Waals surface area (Å²) in [5.74, 6) is 0.416. The molecule has 0 saturated carbocycles. The summed E-state index contributed by atoms with van der Waals surface area (Å²) in [5, 5.41) is 2.98. The van der Waals surface area contributed by atoms with Crippen LogP contribution in [0.15, 0.2) is 54.6 Å². The molecule has 2 aromatic rings. The quantitative estimate of drug-likeness (QED) is 0.763. The van der Waals surface area contributed by atoms with E-state index in [-0.39, 0.29) is 30.4 Å². The maximum atomic E-state index is 12.4. The standard InChI is InChI=1S/C22H28N2O3/c1-16(2)27-21-13-9-8-12-20(21)24(18(4)25)15-14-22(26)23-17(3)19-10-6-5-7-11-19/h5-13,16-17H,14-15H2,1-4H3,(H,23,26). The number of nitrogens with one attached hydrogen (secondary N) is 1. The molecule has 1 N–H and O–H groups in total. The molecule has 0 spiro atoms. The Morgan fingerprint density at radius 2 is 1.63 bits per heavy atom. The maximum Gasteiger partial charge on any atom is 0.223 e. The van der Waals surface area contributed by atoms with Crippen LogP contribution in [0.5, 0.6) is 5.75 Å². The van der Waals surface area contributed by atoms with Crippen LogP contribution in [-0.4, -0.2) is 24.5 Å². The molecule has 2 rings (SSSR count). The fourth-order valence-electron chi connectivity index (χ4n) is 2.83. The SMILES string of the molecule is CC(=O)N(CCC(=O)NC(C)c1ccccc1)c1ccccc1OC(C)C. The van der Waals surface area contributed by atoms with E-state index in [9.17, 15) is 9.59 Å². The molecule has 144 valence electrons. The van der Waals surface area contributed by atoms with Crippen LogP contribution in [0.1, 0.15) is 45.7 Å². The third kappa shape index (κ3) is 6.13. The zero-order valence-electron chi connectivity index (χ0n) is 16.4. The molecule has 0 heterocycles. The van der Waals surface area contributed by atoms with Crippen molar-refractivity contribution in [2.75, 3.05) is 11.4 Å². The summed E-state index contributed by atoms with van der Waals surface area (Å²) in [5.41, 5.74) is 1.73. The topological polar surface area (TPSA) is 58.6 Å². The molecule has 0 saturated heterocycles. The van der Waals surface area contributed by atoms with Gasteiger partial charge in [-0.05, 0) is 38.5 Å². The van der Waals surface area contributed by atoms with Crippen molar-refractivity contribution in [2.45, 2.75) is 46.3 Å². The van der Waals surface area contributed by atoms with Crippen molar-refractivity contribution in [1.82, 2.24) is 5.32 Å². The van der Waals surface area contributed by atoms with Gasteiger partial charge >= 0.3 is 0 Å². The Balaban J connectivity index is 2.03. The van der Waals surface area contributed by atoms with Crippen molar-refractivity contribution in [3.63, 3.8) is 0 Å². The number of carbonyl (C=O) groups excluding carboxylic acids is 2. The molecule has 5 heteroatoms. The predicted octanol–water partition coefficient (Wildman–Crippen LogP) is 4.09. The highest BCUT2D eigenvalue weighted by Crippen LogP contribution is 2.29. The Morgan fingerprint density at radius 3 is 2.26 bits per heavy atom. The summed E-state index contributed by atoms with van der Waals surface area (Å²) in [6.07, 6.45) is 0.210. The van der Waals surface area contributed by atoms with Crippen molar-refractivity contribution < 1.29 is 14.3 Å². The van der Waals surface area contributed by atoms with E-state index in [1.807, 2.05) is 75.4 Å². The molecule has 2 amide bonds. The minimum Gasteiger partial charge on any atom is -0.489 e. The van der Waals surface area contributed by atoms with E-state index < -0.39 is 0 Å². The van der Waals surface area contributed by atoms with E-state index in [1.165, 1.54) is 6.92 Å². The van der Waals surface area contributed by atoms with Gasteiger partial charge < -0.3 is 15.0 Å². The summed E-state index contributed by atoms with van der Waals surface area (Å²) in [4.78, 5) is 26.1. The zero-order chi connectivity index (χ0) is 19.8. The fraction of sp³-hybridized carbons (Fsp3) is 0.364. The third-order valence-electron chi connectivity index (χ3n) is 4.14. The average molecular weight is 368 g/mol. The van der Waals surface area contributed by atoms with E-state index in [1.54, 1.807) is 4.90 Å². The van der Waals surface area contributed by atoms with Gasteiger partial charge in [0.25, 0.3) is 0 Å². The number of ether oxygens (including phenoxy) is 1. The summed E-state index contributed by atoms with van der Waals surface area (Å²) < 4.78 is 5.81. The Bertz CT molecular complexity index is 759. The number of anilines is 1. The molecular weight excluding hydrogens is 340 g/mol. The summed E-state index contributed by atoms with van der Waals surface area (Å²) in [6.45, 7) is 7.61. The molecule has 1 atom stereocenters. The van der Waals surface area contributed by atoms with Gasteiger partial charge in [-0.2, -0.15) is 0 Å². The smallest absolute Gasteiger partial charge is 0.223 e. The molecule has 1 unspecified atom stereocenters.